The van der Waals surface area contributed by atoms with Crippen molar-refractivity contribution in [2.45, 2.75) is 20.3 Å². The minimum atomic E-state index is -0.642. The van der Waals surface area contributed by atoms with Crippen LogP contribution in [0.1, 0.15) is 41.0 Å². The molecule has 8 nitrogen and oxygen atoms in total. The summed E-state index contributed by atoms with van der Waals surface area (Å²) in [5.74, 6) is -1.18. The van der Waals surface area contributed by atoms with Gasteiger partial charge in [0.2, 0.25) is 5.91 Å². The van der Waals surface area contributed by atoms with Crippen LogP contribution in [0.5, 0.6) is 0 Å². The van der Waals surface area contributed by atoms with Crippen molar-refractivity contribution in [1.29, 1.82) is 0 Å². The molecule has 0 aliphatic rings. The molecule has 2 heterocycles. The topological polar surface area (TPSA) is 110 Å². The van der Waals surface area contributed by atoms with Crippen LogP contribution in [0.25, 0.3) is 22.2 Å². The average Bonchev–Trinajstić information content (AvgIpc) is 2.82. The number of hydrogen-bond donors (Lipinski definition) is 2. The number of nitrogens with one attached hydrogen (secondary N) is 1. The molecule has 3 N–H and O–H groups in total. The summed E-state index contributed by atoms with van der Waals surface area (Å²) in [6, 6.07) is 8.43. The molecule has 3 rings (SSSR count). The van der Waals surface area contributed by atoms with Crippen LogP contribution in [0.15, 0.2) is 42.7 Å². The zero-order chi connectivity index (χ0) is 23.1. The minimum absolute atomic E-state index is 0.210. The summed E-state index contributed by atoms with van der Waals surface area (Å²) in [4.78, 5) is 35.4. The molecule has 32 heavy (non-hydrogen) atoms. The number of rotatable bonds is 10. The monoisotopic (exact) mass is 435 g/mol. The van der Waals surface area contributed by atoms with Crippen molar-refractivity contribution >= 4 is 28.5 Å². The van der Waals surface area contributed by atoms with Gasteiger partial charge in [0.15, 0.2) is 0 Å². The first-order chi connectivity index (χ1) is 15.5. The lowest BCUT2D eigenvalue weighted by molar-refractivity contribution is 0.0600. The van der Waals surface area contributed by atoms with Gasteiger partial charge in [-0.25, -0.2) is 9.78 Å². The molecule has 0 saturated carbocycles. The molecule has 0 saturated heterocycles. The first-order valence-electron chi connectivity index (χ1n) is 10.7. The Morgan fingerprint density at radius 2 is 1.94 bits per heavy atom. The molecule has 2 aromatic heterocycles. The van der Waals surface area contributed by atoms with Crippen molar-refractivity contribution in [3.05, 3.63) is 53.9 Å². The Hall–Kier alpha value is -3.52. The van der Waals surface area contributed by atoms with Crippen LogP contribution in [0, 0.1) is 0 Å². The summed E-state index contributed by atoms with van der Waals surface area (Å²) >= 11 is 0. The van der Waals surface area contributed by atoms with Gasteiger partial charge in [-0.2, -0.15) is 0 Å². The van der Waals surface area contributed by atoms with Crippen molar-refractivity contribution in [1.82, 2.24) is 14.9 Å². The van der Waals surface area contributed by atoms with Crippen LogP contribution < -0.4 is 11.1 Å². The van der Waals surface area contributed by atoms with E-state index in [1.165, 1.54) is 13.2 Å². The van der Waals surface area contributed by atoms with Crippen molar-refractivity contribution in [2.24, 2.45) is 5.73 Å². The van der Waals surface area contributed by atoms with Gasteiger partial charge in [-0.15, -0.1) is 0 Å². The molecule has 0 bridgehead atoms. The summed E-state index contributed by atoms with van der Waals surface area (Å²) < 4.78 is 4.75. The van der Waals surface area contributed by atoms with E-state index in [0.717, 1.165) is 49.2 Å². The number of aromatic nitrogens is 2. The SMILES string of the molecule is CCN(CC)CCCNc1cc(-c2ccc(C(=O)OC)cc2C(N)=O)nc2ccncc12. The number of amides is 1. The number of primary amides is 1. The molecule has 0 atom stereocenters. The standard InChI is InChI=1S/C24H29N5O3/c1-4-29(5-2)12-6-10-27-21-14-22(28-20-9-11-26-15-19(20)21)17-8-7-16(24(31)32-3)13-18(17)23(25)30/h7-9,11,13-15H,4-6,10,12H2,1-3H3,(H2,25,30)(H,27,28). The van der Waals surface area contributed by atoms with Gasteiger partial charge in [-0.05, 0) is 50.3 Å². The Morgan fingerprint density at radius 3 is 2.62 bits per heavy atom. The molecule has 168 valence electrons. The van der Waals surface area contributed by atoms with Gasteiger partial charge in [0.25, 0.3) is 0 Å². The fraction of sp³-hybridized carbons (Fsp3) is 0.333. The Bertz CT molecular complexity index is 1110. The lowest BCUT2D eigenvalue weighted by Gasteiger charge is -2.18. The van der Waals surface area contributed by atoms with E-state index in [1.807, 2.05) is 12.1 Å². The molecule has 0 aliphatic carbocycles. The van der Waals surface area contributed by atoms with Crippen molar-refractivity contribution < 1.29 is 14.3 Å². The molecule has 0 unspecified atom stereocenters. The molecular weight excluding hydrogens is 406 g/mol. The second kappa shape index (κ2) is 10.7. The fourth-order valence-electron chi connectivity index (χ4n) is 3.63. The summed E-state index contributed by atoms with van der Waals surface area (Å²) in [6.07, 6.45) is 4.44. The second-order valence-electron chi connectivity index (χ2n) is 7.37. The van der Waals surface area contributed by atoms with Gasteiger partial charge in [-0.3, -0.25) is 9.78 Å². The predicted octanol–water partition coefficient (Wildman–Crippen LogP) is 3.33. The number of ether oxygens (including phenoxy) is 1. The Labute approximate surface area is 187 Å². The number of anilines is 1. The lowest BCUT2D eigenvalue weighted by Crippen LogP contribution is -2.25. The van der Waals surface area contributed by atoms with E-state index < -0.39 is 11.9 Å². The summed E-state index contributed by atoms with van der Waals surface area (Å²) in [5.41, 5.74) is 8.84. The van der Waals surface area contributed by atoms with Gasteiger partial charge in [0, 0.05) is 41.1 Å². The number of esters is 1. The van der Waals surface area contributed by atoms with Crippen LogP contribution >= 0.6 is 0 Å². The molecule has 0 aliphatic heterocycles. The number of fused-ring (bicyclic) bond motifs is 1. The van der Waals surface area contributed by atoms with Gasteiger partial charge >= 0.3 is 5.97 Å². The van der Waals surface area contributed by atoms with E-state index in [4.69, 9.17) is 15.5 Å². The number of methoxy groups -OCH3 is 1. The normalized spacial score (nSPS) is 11.0. The van der Waals surface area contributed by atoms with Gasteiger partial charge in [-0.1, -0.05) is 19.9 Å². The molecule has 0 radical (unpaired) electrons. The number of pyridine rings is 2. The highest BCUT2D eigenvalue weighted by molar-refractivity contribution is 6.03. The van der Waals surface area contributed by atoms with Crippen LogP contribution in [0.2, 0.25) is 0 Å². The second-order valence-corrected chi connectivity index (χ2v) is 7.37. The molecule has 1 amide bonds. The highest BCUT2D eigenvalue weighted by Gasteiger charge is 2.17. The van der Waals surface area contributed by atoms with Crippen LogP contribution in [-0.2, 0) is 4.74 Å². The largest absolute Gasteiger partial charge is 0.465 e. The minimum Gasteiger partial charge on any atom is -0.465 e. The first kappa shape index (κ1) is 23.1. The molecule has 8 heteroatoms. The third-order valence-electron chi connectivity index (χ3n) is 5.45. The fourth-order valence-corrected chi connectivity index (χ4v) is 3.63. The Morgan fingerprint density at radius 1 is 1.16 bits per heavy atom. The van der Waals surface area contributed by atoms with E-state index in [-0.39, 0.29) is 11.1 Å². The predicted molar refractivity (Wildman–Crippen MR) is 126 cm³/mol. The third-order valence-corrected chi connectivity index (χ3v) is 5.45. The average molecular weight is 436 g/mol. The summed E-state index contributed by atoms with van der Waals surface area (Å²) in [6.45, 7) is 8.17. The number of benzene rings is 1. The molecular formula is C24H29N5O3. The van der Waals surface area contributed by atoms with E-state index >= 15 is 0 Å². The Kier molecular flexibility index (Phi) is 7.72. The third kappa shape index (κ3) is 5.20. The smallest absolute Gasteiger partial charge is 0.337 e. The number of carbonyl (C=O) groups excluding carboxylic acids is 2. The molecule has 3 aromatic rings. The van der Waals surface area contributed by atoms with E-state index in [1.54, 1.807) is 24.5 Å². The highest BCUT2D eigenvalue weighted by atomic mass is 16.5. The van der Waals surface area contributed by atoms with Crippen molar-refractivity contribution in [3.63, 3.8) is 0 Å². The zero-order valence-electron chi connectivity index (χ0n) is 18.7. The van der Waals surface area contributed by atoms with Gasteiger partial charge < -0.3 is 20.7 Å². The van der Waals surface area contributed by atoms with E-state index in [2.05, 4.69) is 29.0 Å². The van der Waals surface area contributed by atoms with Crippen LogP contribution in [0.4, 0.5) is 5.69 Å². The maximum Gasteiger partial charge on any atom is 0.337 e. The van der Waals surface area contributed by atoms with Crippen LogP contribution in [0.3, 0.4) is 0 Å². The van der Waals surface area contributed by atoms with Gasteiger partial charge in [0.1, 0.15) is 0 Å². The van der Waals surface area contributed by atoms with E-state index in [0.29, 0.717) is 11.3 Å². The maximum absolute atomic E-state index is 12.2. The zero-order valence-corrected chi connectivity index (χ0v) is 18.7. The molecule has 0 fully saturated rings. The highest BCUT2D eigenvalue weighted by Crippen LogP contribution is 2.30. The van der Waals surface area contributed by atoms with Crippen LogP contribution in [-0.4, -0.2) is 60.0 Å². The quantitative estimate of drug-likeness (QED) is 0.371. The molecule has 0 spiro atoms. The summed E-state index contributed by atoms with van der Waals surface area (Å²) in [5, 5.41) is 4.39. The summed E-state index contributed by atoms with van der Waals surface area (Å²) in [7, 11) is 1.29. The first-order valence-corrected chi connectivity index (χ1v) is 10.7. The van der Waals surface area contributed by atoms with Crippen molar-refractivity contribution in [2.75, 3.05) is 38.6 Å². The number of carbonyl (C=O) groups is 2. The molecule has 1 aromatic carbocycles. The Balaban J connectivity index is 1.97. The number of nitrogens with two attached hydrogens (primary N) is 1. The maximum atomic E-state index is 12.2. The number of nitrogens with zero attached hydrogens (tertiary/aromatic N) is 3. The lowest BCUT2D eigenvalue weighted by atomic mass is 9.99. The van der Waals surface area contributed by atoms with E-state index in [9.17, 15) is 9.59 Å². The number of hydrogen-bond acceptors (Lipinski definition) is 7. The van der Waals surface area contributed by atoms with Crippen molar-refractivity contribution in [3.8, 4) is 11.3 Å². The van der Waals surface area contributed by atoms with Gasteiger partial charge in [0.05, 0.1) is 23.9 Å².